The van der Waals surface area contributed by atoms with Crippen LogP contribution in [-0.4, -0.2) is 46.2 Å². The van der Waals surface area contributed by atoms with E-state index in [1.165, 1.54) is 4.90 Å². The highest BCUT2D eigenvalue weighted by Crippen LogP contribution is 2.30. The number of carbonyl (C=O) groups excluding carboxylic acids is 1. The zero-order valence-corrected chi connectivity index (χ0v) is 13.4. The summed E-state index contributed by atoms with van der Waals surface area (Å²) < 4.78 is 0. The molecule has 1 aliphatic carbocycles. The Morgan fingerprint density at radius 1 is 1.30 bits per heavy atom. The SMILES string of the molecule is CC1=NN(c2ccc(C(=O)N(C3CC3)C(C)C(=O)O)cc2)CC1. The van der Waals surface area contributed by atoms with Crippen molar-refractivity contribution < 1.29 is 14.7 Å². The van der Waals surface area contributed by atoms with E-state index in [2.05, 4.69) is 5.10 Å². The summed E-state index contributed by atoms with van der Waals surface area (Å²) in [6.07, 6.45) is 2.71. The van der Waals surface area contributed by atoms with Crippen LogP contribution in [-0.2, 0) is 4.79 Å². The smallest absolute Gasteiger partial charge is 0.326 e. The molecule has 1 atom stereocenters. The molecular formula is C17H21N3O3. The predicted octanol–water partition coefficient (Wildman–Crippen LogP) is 2.35. The number of carboxylic acid groups (broad SMARTS) is 1. The molecule has 23 heavy (non-hydrogen) atoms. The summed E-state index contributed by atoms with van der Waals surface area (Å²) in [5, 5.41) is 15.6. The number of amides is 1. The van der Waals surface area contributed by atoms with E-state index in [-0.39, 0.29) is 11.9 Å². The summed E-state index contributed by atoms with van der Waals surface area (Å²) >= 11 is 0. The molecule has 1 unspecified atom stereocenters. The van der Waals surface area contributed by atoms with E-state index < -0.39 is 12.0 Å². The minimum Gasteiger partial charge on any atom is -0.480 e. The van der Waals surface area contributed by atoms with Crippen molar-refractivity contribution in [1.29, 1.82) is 0 Å². The van der Waals surface area contributed by atoms with Crippen LogP contribution >= 0.6 is 0 Å². The summed E-state index contributed by atoms with van der Waals surface area (Å²) in [5.74, 6) is -1.18. The summed E-state index contributed by atoms with van der Waals surface area (Å²) in [4.78, 5) is 25.4. The van der Waals surface area contributed by atoms with Crippen molar-refractivity contribution in [3.63, 3.8) is 0 Å². The normalized spacial score (nSPS) is 18.5. The number of carbonyl (C=O) groups is 2. The highest BCUT2D eigenvalue weighted by Gasteiger charge is 2.38. The van der Waals surface area contributed by atoms with Gasteiger partial charge in [0.15, 0.2) is 0 Å². The Balaban J connectivity index is 1.77. The fourth-order valence-corrected chi connectivity index (χ4v) is 2.82. The lowest BCUT2D eigenvalue weighted by Gasteiger charge is -2.26. The zero-order chi connectivity index (χ0) is 16.6. The Hall–Kier alpha value is -2.37. The largest absolute Gasteiger partial charge is 0.480 e. The minimum absolute atomic E-state index is 0.0547. The first-order valence-electron chi connectivity index (χ1n) is 7.94. The van der Waals surface area contributed by atoms with Crippen molar-refractivity contribution in [3.8, 4) is 0 Å². The molecular weight excluding hydrogens is 294 g/mol. The number of anilines is 1. The van der Waals surface area contributed by atoms with Gasteiger partial charge in [0.2, 0.25) is 0 Å². The molecule has 1 aromatic rings. The highest BCUT2D eigenvalue weighted by molar-refractivity contribution is 5.97. The third-order valence-electron chi connectivity index (χ3n) is 4.34. The van der Waals surface area contributed by atoms with Gasteiger partial charge in [-0.25, -0.2) is 4.79 Å². The molecule has 1 saturated carbocycles. The Bertz CT molecular complexity index is 650. The average molecular weight is 315 g/mol. The maximum Gasteiger partial charge on any atom is 0.326 e. The van der Waals surface area contributed by atoms with Crippen LogP contribution in [0.2, 0.25) is 0 Å². The van der Waals surface area contributed by atoms with E-state index in [0.29, 0.717) is 5.56 Å². The summed E-state index contributed by atoms with van der Waals surface area (Å²) in [6.45, 7) is 4.41. The number of aliphatic carboxylic acids is 1. The van der Waals surface area contributed by atoms with Gasteiger partial charge in [-0.05, 0) is 51.0 Å². The summed E-state index contributed by atoms with van der Waals surface area (Å²) in [7, 11) is 0. The molecule has 6 heteroatoms. The van der Waals surface area contributed by atoms with Crippen LogP contribution in [0.1, 0.15) is 43.5 Å². The number of hydrazone groups is 1. The maximum absolute atomic E-state index is 12.7. The van der Waals surface area contributed by atoms with Crippen molar-refractivity contribution in [2.45, 2.75) is 45.2 Å². The number of carboxylic acids is 1. The van der Waals surface area contributed by atoms with Gasteiger partial charge in [-0.1, -0.05) is 0 Å². The van der Waals surface area contributed by atoms with E-state index in [4.69, 9.17) is 0 Å². The Morgan fingerprint density at radius 3 is 2.43 bits per heavy atom. The second-order valence-electron chi connectivity index (χ2n) is 6.21. The Kier molecular flexibility index (Phi) is 4.07. The van der Waals surface area contributed by atoms with E-state index in [0.717, 1.165) is 37.2 Å². The average Bonchev–Trinajstić information content (AvgIpc) is 3.27. The van der Waals surface area contributed by atoms with Crippen molar-refractivity contribution in [2.24, 2.45) is 5.10 Å². The van der Waals surface area contributed by atoms with Gasteiger partial charge >= 0.3 is 5.97 Å². The number of hydrogen-bond donors (Lipinski definition) is 1. The molecule has 1 aromatic carbocycles. The van der Waals surface area contributed by atoms with E-state index in [9.17, 15) is 14.7 Å². The van der Waals surface area contributed by atoms with E-state index >= 15 is 0 Å². The Morgan fingerprint density at radius 2 is 1.96 bits per heavy atom. The number of hydrogen-bond acceptors (Lipinski definition) is 4. The van der Waals surface area contributed by atoms with Crippen LogP contribution in [0.5, 0.6) is 0 Å². The second kappa shape index (κ2) is 6.02. The van der Waals surface area contributed by atoms with Crippen LogP contribution in [0, 0.1) is 0 Å². The topological polar surface area (TPSA) is 73.2 Å². The molecule has 1 fully saturated rings. The predicted molar refractivity (Wildman–Crippen MR) is 87.8 cm³/mol. The first-order valence-corrected chi connectivity index (χ1v) is 7.94. The van der Waals surface area contributed by atoms with Crippen LogP contribution in [0.25, 0.3) is 0 Å². The second-order valence-corrected chi connectivity index (χ2v) is 6.21. The Labute approximate surface area is 135 Å². The highest BCUT2D eigenvalue weighted by atomic mass is 16.4. The quantitative estimate of drug-likeness (QED) is 0.905. The van der Waals surface area contributed by atoms with Gasteiger partial charge in [-0.2, -0.15) is 5.10 Å². The molecule has 3 rings (SSSR count). The fraction of sp³-hybridized carbons (Fsp3) is 0.471. The molecule has 1 N–H and O–H groups in total. The van der Waals surface area contributed by atoms with Crippen LogP contribution in [0.4, 0.5) is 5.69 Å². The minimum atomic E-state index is -0.969. The van der Waals surface area contributed by atoms with Crippen molar-refractivity contribution in [3.05, 3.63) is 29.8 Å². The van der Waals surface area contributed by atoms with Gasteiger partial charge in [0.25, 0.3) is 5.91 Å². The van der Waals surface area contributed by atoms with Gasteiger partial charge in [0, 0.05) is 30.3 Å². The molecule has 122 valence electrons. The zero-order valence-electron chi connectivity index (χ0n) is 13.4. The molecule has 1 heterocycles. The molecule has 6 nitrogen and oxygen atoms in total. The lowest BCUT2D eigenvalue weighted by Crippen LogP contribution is -2.44. The number of nitrogens with zero attached hydrogens (tertiary/aromatic N) is 3. The third-order valence-corrected chi connectivity index (χ3v) is 4.34. The van der Waals surface area contributed by atoms with Gasteiger partial charge in [-0.3, -0.25) is 9.80 Å². The van der Waals surface area contributed by atoms with Gasteiger partial charge < -0.3 is 10.0 Å². The van der Waals surface area contributed by atoms with Crippen LogP contribution < -0.4 is 5.01 Å². The fourth-order valence-electron chi connectivity index (χ4n) is 2.82. The molecule has 1 amide bonds. The number of benzene rings is 1. The molecule has 0 spiro atoms. The van der Waals surface area contributed by atoms with E-state index in [1.54, 1.807) is 19.1 Å². The van der Waals surface area contributed by atoms with E-state index in [1.807, 2.05) is 24.1 Å². The van der Waals surface area contributed by atoms with Gasteiger partial charge in [0.1, 0.15) is 6.04 Å². The molecule has 0 aromatic heterocycles. The van der Waals surface area contributed by atoms with Crippen molar-refractivity contribution >= 4 is 23.3 Å². The van der Waals surface area contributed by atoms with Crippen molar-refractivity contribution in [1.82, 2.24) is 4.90 Å². The summed E-state index contributed by atoms with van der Waals surface area (Å²) in [6, 6.07) is 6.49. The van der Waals surface area contributed by atoms with Crippen LogP contribution in [0.3, 0.4) is 0 Å². The molecule has 0 radical (unpaired) electrons. The third kappa shape index (κ3) is 3.21. The lowest BCUT2D eigenvalue weighted by atomic mass is 10.1. The maximum atomic E-state index is 12.7. The molecule has 0 bridgehead atoms. The van der Waals surface area contributed by atoms with Gasteiger partial charge in [-0.15, -0.1) is 0 Å². The molecule has 1 aliphatic heterocycles. The molecule has 2 aliphatic rings. The standard InChI is InChI=1S/C17H21N3O3/c1-11-9-10-19(18-11)14-5-3-13(4-6-14)16(21)20(15-7-8-15)12(2)17(22)23/h3-6,12,15H,7-10H2,1-2H3,(H,22,23). The van der Waals surface area contributed by atoms with Gasteiger partial charge in [0.05, 0.1) is 5.69 Å². The monoisotopic (exact) mass is 315 g/mol. The molecule has 0 saturated heterocycles. The first-order chi connectivity index (χ1) is 11.0. The summed E-state index contributed by atoms with van der Waals surface area (Å²) in [5.41, 5.74) is 2.57. The number of rotatable bonds is 5. The first kappa shape index (κ1) is 15.5. The van der Waals surface area contributed by atoms with Crippen molar-refractivity contribution in [2.75, 3.05) is 11.6 Å². The lowest BCUT2D eigenvalue weighted by molar-refractivity contribution is -0.141. The van der Waals surface area contributed by atoms with Crippen LogP contribution in [0.15, 0.2) is 29.4 Å².